The molecule has 5 unspecified atom stereocenters. The topological polar surface area (TPSA) is 75.6 Å². The minimum absolute atomic E-state index is 0.155. The van der Waals surface area contributed by atoms with E-state index in [0.29, 0.717) is 17.6 Å². The molecule has 0 aromatic heterocycles. The van der Waals surface area contributed by atoms with Gasteiger partial charge in [-0.25, -0.2) is 4.79 Å². The number of carboxylic acid groups (broad SMARTS) is 1. The first-order chi connectivity index (χ1) is 12.3. The van der Waals surface area contributed by atoms with Crippen molar-refractivity contribution in [3.63, 3.8) is 0 Å². The third-order valence-corrected chi connectivity index (χ3v) is 6.68. The maximum Gasteiger partial charge on any atom is 0.347 e. The van der Waals surface area contributed by atoms with Crippen LogP contribution in [0.2, 0.25) is 0 Å². The number of anilines is 1. The molecule has 1 aromatic rings. The highest BCUT2D eigenvalue weighted by atomic mass is 16.5. The minimum atomic E-state index is -1.29. The molecule has 3 fully saturated rings. The van der Waals surface area contributed by atoms with Gasteiger partial charge in [0.25, 0.3) is 0 Å². The number of hydrogen-bond donors (Lipinski definition) is 2. The molecule has 5 nitrogen and oxygen atoms in total. The maximum absolute atomic E-state index is 12.9. The highest BCUT2D eigenvalue weighted by Gasteiger charge is 2.53. The maximum atomic E-state index is 12.9. The Morgan fingerprint density at radius 1 is 1.08 bits per heavy atom. The van der Waals surface area contributed by atoms with Crippen LogP contribution in [0.4, 0.5) is 5.69 Å². The van der Waals surface area contributed by atoms with Crippen molar-refractivity contribution in [1.82, 2.24) is 0 Å². The number of hydrogen-bond acceptors (Lipinski definition) is 3. The second-order valence-corrected chi connectivity index (χ2v) is 8.79. The quantitative estimate of drug-likeness (QED) is 0.837. The molecule has 140 valence electrons. The average molecular weight is 357 g/mol. The number of benzene rings is 1. The molecule has 0 spiro atoms. The van der Waals surface area contributed by atoms with Gasteiger partial charge < -0.3 is 15.2 Å². The number of carboxylic acids is 1. The van der Waals surface area contributed by atoms with E-state index in [4.69, 9.17) is 9.84 Å². The third kappa shape index (κ3) is 3.08. The number of nitrogens with one attached hydrogen (secondary N) is 1. The van der Waals surface area contributed by atoms with Crippen molar-refractivity contribution in [2.24, 2.45) is 29.6 Å². The zero-order valence-corrected chi connectivity index (χ0v) is 15.4. The Morgan fingerprint density at radius 3 is 2.50 bits per heavy atom. The molecule has 1 aromatic carbocycles. The number of amides is 1. The van der Waals surface area contributed by atoms with Crippen LogP contribution in [-0.4, -0.2) is 22.6 Å². The fourth-order valence-corrected chi connectivity index (χ4v) is 5.44. The first kappa shape index (κ1) is 17.4. The molecule has 2 N–H and O–H groups in total. The predicted molar refractivity (Wildman–Crippen MR) is 97.9 cm³/mol. The van der Waals surface area contributed by atoms with Gasteiger partial charge in [0.1, 0.15) is 5.75 Å². The largest absolute Gasteiger partial charge is 0.478 e. The lowest BCUT2D eigenvalue weighted by Crippen LogP contribution is -2.38. The molecule has 5 atom stereocenters. The number of ether oxygens (including phenoxy) is 1. The summed E-state index contributed by atoms with van der Waals surface area (Å²) < 4.78 is 5.50. The van der Waals surface area contributed by atoms with Gasteiger partial charge in [-0.2, -0.15) is 0 Å². The van der Waals surface area contributed by atoms with Gasteiger partial charge in [-0.15, -0.1) is 0 Å². The fourth-order valence-electron chi connectivity index (χ4n) is 5.44. The van der Waals surface area contributed by atoms with E-state index < -0.39 is 11.6 Å². The Balaban J connectivity index is 1.40. The summed E-state index contributed by atoms with van der Waals surface area (Å²) >= 11 is 0. The van der Waals surface area contributed by atoms with Crippen molar-refractivity contribution in [3.05, 3.63) is 24.3 Å². The van der Waals surface area contributed by atoms with Crippen molar-refractivity contribution in [2.45, 2.75) is 51.6 Å². The molecule has 0 aliphatic heterocycles. The van der Waals surface area contributed by atoms with Gasteiger partial charge >= 0.3 is 5.97 Å². The molecule has 0 radical (unpaired) electrons. The van der Waals surface area contributed by atoms with Crippen molar-refractivity contribution >= 4 is 17.6 Å². The van der Waals surface area contributed by atoms with E-state index >= 15 is 0 Å². The van der Waals surface area contributed by atoms with Crippen LogP contribution in [0.25, 0.3) is 0 Å². The van der Waals surface area contributed by atoms with E-state index in [0.717, 1.165) is 17.5 Å². The van der Waals surface area contributed by atoms with Crippen molar-refractivity contribution < 1.29 is 19.4 Å². The number of rotatable bonds is 5. The Morgan fingerprint density at radius 2 is 1.81 bits per heavy atom. The van der Waals surface area contributed by atoms with E-state index in [1.807, 2.05) is 0 Å². The summed E-state index contributed by atoms with van der Waals surface area (Å²) in [6, 6.07) is 6.97. The molecule has 3 saturated carbocycles. The molecule has 1 amide bonds. The molecule has 3 bridgehead atoms. The van der Waals surface area contributed by atoms with Crippen LogP contribution in [-0.2, 0) is 9.59 Å². The highest BCUT2D eigenvalue weighted by molar-refractivity contribution is 5.93. The molecular weight excluding hydrogens is 330 g/mol. The normalized spacial score (nSPS) is 32.3. The van der Waals surface area contributed by atoms with Crippen molar-refractivity contribution in [1.29, 1.82) is 0 Å². The SMILES string of the molecule is CC(C)(Oc1ccc(NC(=O)C2C3CC4CCC(C3)C2C4)cc1)C(=O)O. The van der Waals surface area contributed by atoms with Gasteiger partial charge in [0.2, 0.25) is 5.91 Å². The lowest BCUT2D eigenvalue weighted by molar-refractivity contribution is -0.152. The van der Waals surface area contributed by atoms with Gasteiger partial charge in [-0.1, -0.05) is 6.42 Å². The summed E-state index contributed by atoms with van der Waals surface area (Å²) in [5.41, 5.74) is -0.545. The van der Waals surface area contributed by atoms with E-state index in [-0.39, 0.29) is 11.8 Å². The number of carbonyl (C=O) groups is 2. The Bertz CT molecular complexity index is 707. The van der Waals surface area contributed by atoms with Crippen LogP contribution in [0.5, 0.6) is 5.75 Å². The summed E-state index contributed by atoms with van der Waals surface area (Å²) in [6.45, 7) is 3.02. The fraction of sp³-hybridized carbons (Fsp3) is 0.619. The zero-order valence-electron chi connectivity index (χ0n) is 15.4. The third-order valence-electron chi connectivity index (χ3n) is 6.68. The monoisotopic (exact) mass is 357 g/mol. The second kappa shape index (κ2) is 6.29. The van der Waals surface area contributed by atoms with Crippen LogP contribution in [0.15, 0.2) is 24.3 Å². The molecule has 5 heteroatoms. The van der Waals surface area contributed by atoms with Crippen LogP contribution >= 0.6 is 0 Å². The second-order valence-electron chi connectivity index (χ2n) is 8.79. The summed E-state index contributed by atoms with van der Waals surface area (Å²) in [4.78, 5) is 24.0. The lowest BCUT2D eigenvalue weighted by atomic mass is 9.66. The Kier molecular flexibility index (Phi) is 4.20. The molecule has 3 aliphatic carbocycles. The molecule has 26 heavy (non-hydrogen) atoms. The van der Waals surface area contributed by atoms with Gasteiger partial charge in [0.05, 0.1) is 0 Å². The zero-order chi connectivity index (χ0) is 18.5. The molecular formula is C21H27NO4. The summed E-state index contributed by atoms with van der Waals surface area (Å²) in [7, 11) is 0. The van der Waals surface area contributed by atoms with Gasteiger partial charge in [-0.3, -0.25) is 4.79 Å². The smallest absolute Gasteiger partial charge is 0.347 e. The molecule has 3 aliphatic rings. The van der Waals surface area contributed by atoms with Crippen LogP contribution in [0.1, 0.15) is 46.0 Å². The van der Waals surface area contributed by atoms with Crippen molar-refractivity contribution in [2.75, 3.05) is 5.32 Å². The summed E-state index contributed by atoms with van der Waals surface area (Å²) in [5.74, 6) is 2.52. The molecule has 0 heterocycles. The minimum Gasteiger partial charge on any atom is -0.478 e. The standard InChI is InChI=1S/C21H27NO4/c1-21(2,20(24)25)26-16-7-5-15(6-8-16)22-19(23)18-14-9-12-3-4-13(11-14)17(18)10-12/h5-8,12-14,17-18H,3-4,9-11H2,1-2H3,(H,22,23)(H,24,25). The van der Waals surface area contributed by atoms with E-state index in [9.17, 15) is 9.59 Å². The lowest BCUT2D eigenvalue weighted by Gasteiger charge is -2.39. The number of carbonyl (C=O) groups excluding carboxylic acids is 1. The Labute approximate surface area is 154 Å². The number of fused-ring (bicyclic) bond motifs is 2. The average Bonchev–Trinajstić information content (AvgIpc) is 2.71. The van der Waals surface area contributed by atoms with Gasteiger partial charge in [0, 0.05) is 11.6 Å². The summed E-state index contributed by atoms with van der Waals surface area (Å²) in [6.07, 6.45) is 6.36. The highest BCUT2D eigenvalue weighted by Crippen LogP contribution is 2.58. The van der Waals surface area contributed by atoms with E-state index in [1.54, 1.807) is 24.3 Å². The van der Waals surface area contributed by atoms with E-state index in [1.165, 1.54) is 46.0 Å². The van der Waals surface area contributed by atoms with Crippen LogP contribution in [0.3, 0.4) is 0 Å². The summed E-state index contributed by atoms with van der Waals surface area (Å²) in [5, 5.41) is 12.2. The van der Waals surface area contributed by atoms with Crippen LogP contribution in [0, 0.1) is 29.6 Å². The van der Waals surface area contributed by atoms with Gasteiger partial charge in [-0.05, 0) is 87.5 Å². The first-order valence-electron chi connectivity index (χ1n) is 9.67. The Hall–Kier alpha value is -2.04. The molecule has 4 rings (SSSR count). The van der Waals surface area contributed by atoms with Crippen molar-refractivity contribution in [3.8, 4) is 5.75 Å². The van der Waals surface area contributed by atoms with Crippen LogP contribution < -0.4 is 10.1 Å². The number of aliphatic carboxylic acids is 1. The predicted octanol–water partition coefficient (Wildman–Crippen LogP) is 3.94. The first-order valence-corrected chi connectivity index (χ1v) is 9.67. The van der Waals surface area contributed by atoms with Gasteiger partial charge in [0.15, 0.2) is 5.60 Å². The molecule has 0 saturated heterocycles. The van der Waals surface area contributed by atoms with E-state index in [2.05, 4.69) is 5.32 Å².